The van der Waals surface area contributed by atoms with Gasteiger partial charge >= 0.3 is 39.5 Å². The zero-order chi connectivity index (χ0) is 68.0. The lowest BCUT2D eigenvalue weighted by Gasteiger charge is -2.21. The van der Waals surface area contributed by atoms with Crippen molar-refractivity contribution in [1.82, 2.24) is 0 Å². The molecule has 0 amide bonds. The minimum atomic E-state index is -4.96. The van der Waals surface area contributed by atoms with E-state index >= 15 is 0 Å². The molecule has 0 saturated carbocycles. The third-order valence-electron chi connectivity index (χ3n) is 17.6. The second kappa shape index (κ2) is 63.8. The van der Waals surface area contributed by atoms with Crippen LogP contribution in [0, 0.1) is 17.8 Å². The van der Waals surface area contributed by atoms with E-state index in [1.807, 2.05) is 0 Å². The summed E-state index contributed by atoms with van der Waals surface area (Å²) in [5, 5.41) is 10.6. The van der Waals surface area contributed by atoms with Crippen LogP contribution < -0.4 is 0 Å². The van der Waals surface area contributed by atoms with Crippen molar-refractivity contribution in [3.63, 3.8) is 0 Å². The molecule has 7 atom stereocenters. The summed E-state index contributed by atoms with van der Waals surface area (Å²) in [5.41, 5.74) is 0. The number of phosphoric acid groups is 2. The standard InChI is InChI=1S/C73H142O17P2/c1-8-11-12-13-14-15-16-17-18-19-23-26-32-40-47-54-70(75)83-60-68(89-72(77)56-49-42-33-27-24-21-20-22-25-30-37-44-51-64(4)5)62-87-91(79,80)85-58-67(74)59-86-92(81,82)88-63-69(61-84-71(76)55-48-41-36-35-39-46-53-66(7)10-3)90-73(78)57-50-43-34-29-28-31-38-45-52-65(6)9-2/h64-69,74H,8-63H2,1-7H3,(H,79,80)(H,81,82)/t65?,66?,67-,68-,69-/m1/s1. The van der Waals surface area contributed by atoms with Crippen molar-refractivity contribution in [2.24, 2.45) is 17.8 Å². The van der Waals surface area contributed by atoms with Gasteiger partial charge < -0.3 is 33.8 Å². The second-order valence-electron chi connectivity index (χ2n) is 27.3. The first-order chi connectivity index (χ1) is 44.3. The van der Waals surface area contributed by atoms with Crippen molar-refractivity contribution in [3.8, 4) is 0 Å². The van der Waals surface area contributed by atoms with Gasteiger partial charge in [-0.1, -0.05) is 318 Å². The zero-order valence-corrected chi connectivity index (χ0v) is 61.8. The normalized spacial score (nSPS) is 14.7. The Hall–Kier alpha value is -1.94. The minimum Gasteiger partial charge on any atom is -0.462 e. The molecule has 4 unspecified atom stereocenters. The molecule has 17 nitrogen and oxygen atoms in total. The van der Waals surface area contributed by atoms with Gasteiger partial charge in [-0.25, -0.2) is 9.13 Å². The van der Waals surface area contributed by atoms with E-state index in [4.69, 9.17) is 37.0 Å². The van der Waals surface area contributed by atoms with E-state index in [0.717, 1.165) is 114 Å². The van der Waals surface area contributed by atoms with Crippen molar-refractivity contribution in [2.45, 2.75) is 388 Å². The maximum absolute atomic E-state index is 13.1. The van der Waals surface area contributed by atoms with Crippen LogP contribution >= 0.6 is 15.6 Å². The fraction of sp³-hybridized carbons (Fsp3) is 0.945. The van der Waals surface area contributed by atoms with Crippen molar-refractivity contribution in [2.75, 3.05) is 39.6 Å². The van der Waals surface area contributed by atoms with E-state index in [1.54, 1.807) is 0 Å². The Morgan fingerprint density at radius 2 is 0.554 bits per heavy atom. The van der Waals surface area contributed by atoms with Crippen LogP contribution in [0.5, 0.6) is 0 Å². The number of hydrogen-bond acceptors (Lipinski definition) is 15. The van der Waals surface area contributed by atoms with Gasteiger partial charge in [-0.15, -0.1) is 0 Å². The van der Waals surface area contributed by atoms with Crippen LogP contribution in [0.3, 0.4) is 0 Å². The van der Waals surface area contributed by atoms with Gasteiger partial charge in [0, 0.05) is 25.7 Å². The molecular formula is C73H142O17P2. The first-order valence-corrected chi connectivity index (χ1v) is 40.9. The predicted octanol–water partition coefficient (Wildman–Crippen LogP) is 21.0. The van der Waals surface area contributed by atoms with Crippen LogP contribution in [0.15, 0.2) is 0 Å². The number of carbonyl (C=O) groups excluding carboxylic acids is 4. The maximum Gasteiger partial charge on any atom is 0.472 e. The van der Waals surface area contributed by atoms with Gasteiger partial charge in [0.05, 0.1) is 26.4 Å². The average Bonchev–Trinajstić information content (AvgIpc) is 3.41. The van der Waals surface area contributed by atoms with Crippen LogP contribution in [-0.4, -0.2) is 96.7 Å². The summed E-state index contributed by atoms with van der Waals surface area (Å²) in [6.45, 7) is 11.8. The third kappa shape index (κ3) is 64.1. The van der Waals surface area contributed by atoms with E-state index in [1.165, 1.54) is 173 Å². The molecule has 0 bridgehead atoms. The molecule has 0 rings (SSSR count). The van der Waals surface area contributed by atoms with Gasteiger partial charge in [0.2, 0.25) is 0 Å². The van der Waals surface area contributed by atoms with Gasteiger partial charge in [-0.05, 0) is 43.4 Å². The van der Waals surface area contributed by atoms with E-state index in [-0.39, 0.29) is 25.7 Å². The molecule has 0 saturated heterocycles. The summed E-state index contributed by atoms with van der Waals surface area (Å²) in [5.74, 6) is 0.154. The maximum atomic E-state index is 13.1. The molecule has 0 heterocycles. The molecular weight excluding hydrogens is 1210 g/mol. The summed E-state index contributed by atoms with van der Waals surface area (Å²) in [6.07, 6.45) is 48.5. The van der Waals surface area contributed by atoms with Crippen LogP contribution in [-0.2, 0) is 65.4 Å². The average molecular weight is 1350 g/mol. The van der Waals surface area contributed by atoms with Crippen molar-refractivity contribution < 1.29 is 80.2 Å². The fourth-order valence-corrected chi connectivity index (χ4v) is 12.6. The quantitative estimate of drug-likeness (QED) is 0.0222. The van der Waals surface area contributed by atoms with Gasteiger partial charge in [0.1, 0.15) is 19.3 Å². The Morgan fingerprint density at radius 1 is 0.315 bits per heavy atom. The number of rotatable bonds is 71. The lowest BCUT2D eigenvalue weighted by molar-refractivity contribution is -0.161. The first-order valence-electron chi connectivity index (χ1n) is 37.9. The fourth-order valence-electron chi connectivity index (χ4n) is 11.0. The minimum absolute atomic E-state index is 0.104. The largest absolute Gasteiger partial charge is 0.472 e. The summed E-state index contributed by atoms with van der Waals surface area (Å²) in [4.78, 5) is 72.7. The van der Waals surface area contributed by atoms with Crippen LogP contribution in [0.4, 0.5) is 0 Å². The van der Waals surface area contributed by atoms with E-state index < -0.39 is 97.5 Å². The van der Waals surface area contributed by atoms with Crippen LogP contribution in [0.1, 0.15) is 370 Å². The van der Waals surface area contributed by atoms with Gasteiger partial charge in [-0.3, -0.25) is 37.3 Å². The molecule has 0 fully saturated rings. The number of phosphoric ester groups is 2. The molecule has 0 aromatic heterocycles. The Kier molecular flexibility index (Phi) is 62.4. The van der Waals surface area contributed by atoms with Gasteiger partial charge in [0.25, 0.3) is 0 Å². The zero-order valence-electron chi connectivity index (χ0n) is 60.0. The topological polar surface area (TPSA) is 237 Å². The summed E-state index contributed by atoms with van der Waals surface area (Å²) >= 11 is 0. The van der Waals surface area contributed by atoms with Crippen LogP contribution in [0.25, 0.3) is 0 Å². The van der Waals surface area contributed by atoms with Gasteiger partial charge in [-0.2, -0.15) is 0 Å². The molecule has 19 heteroatoms. The van der Waals surface area contributed by atoms with Crippen molar-refractivity contribution in [3.05, 3.63) is 0 Å². The van der Waals surface area contributed by atoms with E-state index in [2.05, 4.69) is 48.5 Å². The Morgan fingerprint density at radius 3 is 0.826 bits per heavy atom. The highest BCUT2D eigenvalue weighted by Gasteiger charge is 2.30. The number of hydrogen-bond donors (Lipinski definition) is 3. The SMILES string of the molecule is CCCCCCCCCCCCCCCCCC(=O)OC[C@H](COP(=O)(O)OC[C@@H](O)COP(=O)(O)OC[C@@H](COC(=O)CCCCCCCCC(C)CC)OC(=O)CCCCCCCCCCC(C)CC)OC(=O)CCCCCCCCCCCCCCC(C)C. The molecule has 92 heavy (non-hydrogen) atoms. The third-order valence-corrected chi connectivity index (χ3v) is 19.5. The molecule has 0 aromatic rings. The summed E-state index contributed by atoms with van der Waals surface area (Å²) < 4.78 is 68.4. The molecule has 546 valence electrons. The number of aliphatic hydroxyl groups excluding tert-OH is 1. The molecule has 0 aliphatic rings. The van der Waals surface area contributed by atoms with Crippen LogP contribution in [0.2, 0.25) is 0 Å². The van der Waals surface area contributed by atoms with Crippen molar-refractivity contribution >= 4 is 39.5 Å². The van der Waals surface area contributed by atoms with E-state index in [9.17, 15) is 43.2 Å². The van der Waals surface area contributed by atoms with Gasteiger partial charge in [0.15, 0.2) is 12.2 Å². The number of carbonyl (C=O) groups is 4. The molecule has 0 spiro atoms. The first kappa shape index (κ1) is 90.1. The number of ether oxygens (including phenoxy) is 4. The highest BCUT2D eigenvalue weighted by Crippen LogP contribution is 2.45. The Labute approximate surface area is 562 Å². The molecule has 3 N–H and O–H groups in total. The summed E-state index contributed by atoms with van der Waals surface area (Å²) in [6, 6.07) is 0. The lowest BCUT2D eigenvalue weighted by Crippen LogP contribution is -2.30. The Balaban J connectivity index is 5.26. The molecule has 0 aliphatic heterocycles. The Bertz CT molecular complexity index is 1810. The highest BCUT2D eigenvalue weighted by molar-refractivity contribution is 7.47. The second-order valence-corrected chi connectivity index (χ2v) is 30.2. The van der Waals surface area contributed by atoms with Crippen molar-refractivity contribution in [1.29, 1.82) is 0 Å². The summed E-state index contributed by atoms with van der Waals surface area (Å²) in [7, 11) is -9.91. The number of unbranched alkanes of at least 4 members (excludes halogenated alkanes) is 37. The highest BCUT2D eigenvalue weighted by atomic mass is 31.2. The molecule has 0 radical (unpaired) electrons. The smallest absolute Gasteiger partial charge is 0.462 e. The monoisotopic (exact) mass is 1350 g/mol. The van der Waals surface area contributed by atoms with E-state index in [0.29, 0.717) is 25.7 Å². The lowest BCUT2D eigenvalue weighted by atomic mass is 9.99. The molecule has 0 aliphatic carbocycles. The molecule has 0 aromatic carbocycles. The predicted molar refractivity (Wildman–Crippen MR) is 372 cm³/mol. The number of esters is 4. The number of aliphatic hydroxyl groups is 1.